The summed E-state index contributed by atoms with van der Waals surface area (Å²) < 4.78 is 2.04. The number of imidazole rings is 1. The van der Waals surface area contributed by atoms with Crippen molar-refractivity contribution in [2.45, 2.75) is 45.3 Å². The Balaban J connectivity index is 2.04. The van der Waals surface area contributed by atoms with Crippen molar-refractivity contribution in [3.05, 3.63) is 54.1 Å². The van der Waals surface area contributed by atoms with Crippen molar-refractivity contribution in [2.24, 2.45) is 0 Å². The van der Waals surface area contributed by atoms with Crippen LogP contribution >= 0.6 is 0 Å². The van der Waals surface area contributed by atoms with Crippen LogP contribution in [-0.2, 0) is 6.54 Å². The maximum atomic E-state index is 10.4. The highest BCUT2D eigenvalue weighted by atomic mass is 16.3. The Labute approximate surface area is 114 Å². The zero-order chi connectivity index (χ0) is 13.7. The Hall–Kier alpha value is -1.61. The van der Waals surface area contributed by atoms with Gasteiger partial charge in [0.05, 0.1) is 0 Å². The van der Waals surface area contributed by atoms with Crippen LogP contribution in [0, 0.1) is 0 Å². The minimum atomic E-state index is -0.503. The van der Waals surface area contributed by atoms with Crippen LogP contribution in [0.25, 0.3) is 0 Å². The molecule has 3 nitrogen and oxygen atoms in total. The molecule has 1 aromatic heterocycles. The summed E-state index contributed by atoms with van der Waals surface area (Å²) >= 11 is 0. The number of hydrogen-bond donors (Lipinski definition) is 1. The third-order valence-corrected chi connectivity index (χ3v) is 3.46. The second kappa shape index (κ2) is 6.53. The summed E-state index contributed by atoms with van der Waals surface area (Å²) in [5.74, 6) is 1.10. The van der Waals surface area contributed by atoms with Crippen LogP contribution in [0.1, 0.15) is 50.1 Å². The predicted molar refractivity (Wildman–Crippen MR) is 77.0 cm³/mol. The molecule has 0 bridgehead atoms. The lowest BCUT2D eigenvalue weighted by Crippen LogP contribution is -2.11. The lowest BCUT2D eigenvalue weighted by atomic mass is 9.95. The number of nitrogens with zero attached hydrogens (tertiary/aromatic N) is 2. The highest BCUT2D eigenvalue weighted by Crippen LogP contribution is 2.27. The van der Waals surface area contributed by atoms with Gasteiger partial charge in [0.25, 0.3) is 0 Å². The smallest absolute Gasteiger partial charge is 0.137 e. The normalized spacial score (nSPS) is 14.3. The van der Waals surface area contributed by atoms with Gasteiger partial charge in [-0.1, -0.05) is 44.2 Å². The second-order valence-electron chi connectivity index (χ2n) is 5.04. The van der Waals surface area contributed by atoms with E-state index in [0.29, 0.717) is 12.3 Å². The van der Waals surface area contributed by atoms with E-state index in [-0.39, 0.29) is 0 Å². The molecule has 2 atom stereocenters. The zero-order valence-corrected chi connectivity index (χ0v) is 11.7. The fourth-order valence-electron chi connectivity index (χ4n) is 2.41. The largest absolute Gasteiger partial charge is 0.385 e. The maximum absolute atomic E-state index is 10.4. The van der Waals surface area contributed by atoms with Gasteiger partial charge in [-0.2, -0.15) is 0 Å². The van der Waals surface area contributed by atoms with E-state index >= 15 is 0 Å². The molecule has 1 N–H and O–H groups in total. The van der Waals surface area contributed by atoms with Gasteiger partial charge in [-0.25, -0.2) is 4.98 Å². The van der Waals surface area contributed by atoms with Gasteiger partial charge in [-0.15, -0.1) is 0 Å². The molecule has 0 fully saturated rings. The summed E-state index contributed by atoms with van der Waals surface area (Å²) in [7, 11) is 0. The van der Waals surface area contributed by atoms with Crippen LogP contribution < -0.4 is 0 Å². The average molecular weight is 258 g/mol. The zero-order valence-electron chi connectivity index (χ0n) is 11.7. The number of aryl methyl sites for hydroxylation is 1. The summed E-state index contributed by atoms with van der Waals surface area (Å²) in [5.41, 5.74) is 1.26. The first-order valence-corrected chi connectivity index (χ1v) is 6.96. The van der Waals surface area contributed by atoms with Crippen LogP contribution in [0.5, 0.6) is 0 Å². The Morgan fingerprint density at radius 3 is 2.68 bits per heavy atom. The first kappa shape index (κ1) is 13.8. The second-order valence-corrected chi connectivity index (χ2v) is 5.04. The van der Waals surface area contributed by atoms with Gasteiger partial charge >= 0.3 is 0 Å². The molecule has 0 aliphatic carbocycles. The van der Waals surface area contributed by atoms with Crippen LogP contribution in [-0.4, -0.2) is 14.7 Å². The van der Waals surface area contributed by atoms with Gasteiger partial charge in [0.2, 0.25) is 0 Å². The molecule has 0 spiro atoms. The van der Waals surface area contributed by atoms with E-state index in [0.717, 1.165) is 18.8 Å². The van der Waals surface area contributed by atoms with Crippen molar-refractivity contribution in [2.75, 3.05) is 0 Å². The van der Waals surface area contributed by atoms with Gasteiger partial charge in [0, 0.05) is 18.9 Å². The van der Waals surface area contributed by atoms with Crippen molar-refractivity contribution in [3.8, 4) is 0 Å². The van der Waals surface area contributed by atoms with Gasteiger partial charge in [0.15, 0.2) is 0 Å². The standard InChI is InChI=1S/C16H22N2O/c1-3-10-18-11-9-17-16(18)15(19)12-13(2)14-7-5-4-6-8-14/h4-9,11,13,15,19H,3,10,12H2,1-2H3. The first-order chi connectivity index (χ1) is 9.22. The Kier molecular flexibility index (Phi) is 4.74. The number of aliphatic hydroxyl groups excluding tert-OH is 1. The maximum Gasteiger partial charge on any atom is 0.137 e. The lowest BCUT2D eigenvalue weighted by molar-refractivity contribution is 0.145. The number of hydrogen-bond acceptors (Lipinski definition) is 2. The molecule has 0 saturated heterocycles. The first-order valence-electron chi connectivity index (χ1n) is 6.96. The SMILES string of the molecule is CCCn1ccnc1C(O)CC(C)c1ccccc1. The summed E-state index contributed by atoms with van der Waals surface area (Å²) in [6.07, 6.45) is 4.95. The van der Waals surface area contributed by atoms with E-state index in [1.165, 1.54) is 5.56 Å². The molecule has 0 aliphatic rings. The number of benzene rings is 1. The molecule has 2 unspecified atom stereocenters. The number of aliphatic hydroxyl groups is 1. The van der Waals surface area contributed by atoms with Gasteiger partial charge < -0.3 is 9.67 Å². The van der Waals surface area contributed by atoms with Crippen molar-refractivity contribution in [1.82, 2.24) is 9.55 Å². The summed E-state index contributed by atoms with van der Waals surface area (Å²) in [4.78, 5) is 4.29. The molecular weight excluding hydrogens is 236 g/mol. The van der Waals surface area contributed by atoms with Gasteiger partial charge in [-0.05, 0) is 24.3 Å². The monoisotopic (exact) mass is 258 g/mol. The number of rotatable bonds is 6. The molecule has 1 heterocycles. The molecule has 2 aromatic rings. The average Bonchev–Trinajstić information content (AvgIpc) is 2.88. The summed E-state index contributed by atoms with van der Waals surface area (Å²) in [5, 5.41) is 10.4. The van der Waals surface area contributed by atoms with Crippen molar-refractivity contribution in [1.29, 1.82) is 0 Å². The van der Waals surface area contributed by atoms with Crippen LogP contribution in [0.3, 0.4) is 0 Å². The molecule has 2 rings (SSSR count). The van der Waals surface area contributed by atoms with Crippen molar-refractivity contribution in [3.63, 3.8) is 0 Å². The Morgan fingerprint density at radius 2 is 2.00 bits per heavy atom. The molecular formula is C16H22N2O. The predicted octanol–water partition coefficient (Wildman–Crippen LogP) is 3.52. The molecule has 0 amide bonds. The van der Waals surface area contributed by atoms with Gasteiger partial charge in [-0.3, -0.25) is 0 Å². The van der Waals surface area contributed by atoms with E-state index in [9.17, 15) is 5.11 Å². The number of aromatic nitrogens is 2. The molecule has 3 heteroatoms. The molecule has 0 saturated carbocycles. The highest BCUT2D eigenvalue weighted by Gasteiger charge is 2.17. The topological polar surface area (TPSA) is 38.0 Å². The quantitative estimate of drug-likeness (QED) is 0.861. The van der Waals surface area contributed by atoms with Crippen molar-refractivity contribution < 1.29 is 5.11 Å². The van der Waals surface area contributed by atoms with E-state index in [4.69, 9.17) is 0 Å². The Morgan fingerprint density at radius 1 is 1.26 bits per heavy atom. The van der Waals surface area contributed by atoms with Crippen molar-refractivity contribution >= 4 is 0 Å². The molecule has 19 heavy (non-hydrogen) atoms. The molecule has 0 radical (unpaired) electrons. The molecule has 102 valence electrons. The van der Waals surface area contributed by atoms with Crippen LogP contribution in [0.15, 0.2) is 42.7 Å². The summed E-state index contributed by atoms with van der Waals surface area (Å²) in [6.45, 7) is 5.18. The third kappa shape index (κ3) is 3.44. The minimum Gasteiger partial charge on any atom is -0.385 e. The van der Waals surface area contributed by atoms with E-state index < -0.39 is 6.10 Å². The Bertz CT molecular complexity index is 492. The fourth-order valence-corrected chi connectivity index (χ4v) is 2.41. The molecule has 0 aliphatic heterocycles. The fraction of sp³-hybridized carbons (Fsp3) is 0.438. The van der Waals surface area contributed by atoms with E-state index in [1.54, 1.807) is 6.20 Å². The van der Waals surface area contributed by atoms with E-state index in [2.05, 4.69) is 31.0 Å². The summed E-state index contributed by atoms with van der Waals surface area (Å²) in [6, 6.07) is 10.3. The molecule has 1 aromatic carbocycles. The minimum absolute atomic E-state index is 0.322. The van der Waals surface area contributed by atoms with Gasteiger partial charge in [0.1, 0.15) is 11.9 Å². The van der Waals surface area contributed by atoms with Crippen LogP contribution in [0.4, 0.5) is 0 Å². The lowest BCUT2D eigenvalue weighted by Gasteiger charge is -2.17. The highest BCUT2D eigenvalue weighted by molar-refractivity contribution is 5.19. The van der Waals surface area contributed by atoms with Crippen LogP contribution in [0.2, 0.25) is 0 Å². The van der Waals surface area contributed by atoms with E-state index in [1.807, 2.05) is 29.0 Å². The third-order valence-electron chi connectivity index (χ3n) is 3.46.